The van der Waals surface area contributed by atoms with Crippen LogP contribution < -0.4 is 9.46 Å². The summed E-state index contributed by atoms with van der Waals surface area (Å²) in [6.45, 7) is 2.43. The van der Waals surface area contributed by atoms with E-state index in [1.54, 1.807) is 0 Å². The summed E-state index contributed by atoms with van der Waals surface area (Å²) in [5, 5.41) is 0. The third-order valence-electron chi connectivity index (χ3n) is 5.37. The number of ether oxygens (including phenoxy) is 1. The monoisotopic (exact) mass is 461 g/mol. The molecule has 1 amide bonds. The van der Waals surface area contributed by atoms with Crippen LogP contribution in [-0.4, -0.2) is 28.3 Å². The van der Waals surface area contributed by atoms with Crippen LogP contribution >= 0.6 is 11.9 Å². The van der Waals surface area contributed by atoms with Crippen LogP contribution in [0.3, 0.4) is 0 Å². The number of hydrogen-bond acceptors (Lipinski definition) is 5. The maximum atomic E-state index is 12.5. The number of benzene rings is 2. The van der Waals surface area contributed by atoms with Gasteiger partial charge >= 0.3 is 0 Å². The number of amides is 1. The second-order valence-corrected chi connectivity index (χ2v) is 8.26. The van der Waals surface area contributed by atoms with Crippen molar-refractivity contribution in [2.24, 2.45) is 0 Å². The SMILES string of the molecule is CSNC(=O)C(Cc1ccc(OCCc2nc(-c3ccccc3)oc2C)cc1)n1cccc1. The number of nitrogens with one attached hydrogen (secondary N) is 1. The Labute approximate surface area is 198 Å². The Morgan fingerprint density at radius 2 is 1.82 bits per heavy atom. The molecule has 1 unspecified atom stereocenters. The molecule has 0 radical (unpaired) electrons. The van der Waals surface area contributed by atoms with E-state index < -0.39 is 0 Å². The summed E-state index contributed by atoms with van der Waals surface area (Å²) in [5.74, 6) is 2.22. The smallest absolute Gasteiger partial charge is 0.253 e. The van der Waals surface area contributed by atoms with E-state index in [0.29, 0.717) is 25.3 Å². The van der Waals surface area contributed by atoms with E-state index >= 15 is 0 Å². The van der Waals surface area contributed by atoms with Crippen LogP contribution in [0.2, 0.25) is 0 Å². The molecule has 4 aromatic rings. The van der Waals surface area contributed by atoms with Crippen molar-refractivity contribution in [3.05, 3.63) is 96.1 Å². The van der Waals surface area contributed by atoms with Gasteiger partial charge in [-0.1, -0.05) is 42.3 Å². The molecule has 4 rings (SSSR count). The van der Waals surface area contributed by atoms with E-state index in [2.05, 4.69) is 9.71 Å². The summed E-state index contributed by atoms with van der Waals surface area (Å²) < 4.78 is 16.5. The van der Waals surface area contributed by atoms with E-state index in [-0.39, 0.29) is 11.9 Å². The second-order valence-electron chi connectivity index (χ2n) is 7.65. The average molecular weight is 462 g/mol. The molecule has 0 bridgehead atoms. The minimum Gasteiger partial charge on any atom is -0.493 e. The number of carbonyl (C=O) groups is 1. The van der Waals surface area contributed by atoms with Crippen LogP contribution in [0.15, 0.2) is 83.5 Å². The fourth-order valence-corrected chi connectivity index (χ4v) is 3.97. The van der Waals surface area contributed by atoms with Crippen molar-refractivity contribution in [3.63, 3.8) is 0 Å². The van der Waals surface area contributed by atoms with E-state index in [1.165, 1.54) is 11.9 Å². The highest BCUT2D eigenvalue weighted by atomic mass is 32.2. The number of rotatable bonds is 10. The van der Waals surface area contributed by atoms with Gasteiger partial charge in [-0.25, -0.2) is 4.98 Å². The van der Waals surface area contributed by atoms with Crippen molar-refractivity contribution in [3.8, 4) is 17.2 Å². The Balaban J connectivity index is 1.33. The fraction of sp³-hybridized carbons (Fsp3) is 0.231. The number of aromatic nitrogens is 2. The molecule has 2 aromatic heterocycles. The molecule has 0 aliphatic rings. The Bertz CT molecular complexity index is 1160. The molecule has 0 spiro atoms. The van der Waals surface area contributed by atoms with Gasteiger partial charge < -0.3 is 13.7 Å². The molecule has 0 saturated carbocycles. The predicted molar refractivity (Wildman–Crippen MR) is 131 cm³/mol. The van der Waals surface area contributed by atoms with Crippen molar-refractivity contribution >= 4 is 17.9 Å². The lowest BCUT2D eigenvalue weighted by atomic mass is 10.1. The fourth-order valence-electron chi connectivity index (χ4n) is 3.63. The lowest BCUT2D eigenvalue weighted by Gasteiger charge is -2.18. The highest BCUT2D eigenvalue weighted by Crippen LogP contribution is 2.23. The number of carbonyl (C=O) groups excluding carboxylic acids is 1. The molecular formula is C26H27N3O3S. The number of oxazole rings is 1. The lowest BCUT2D eigenvalue weighted by molar-refractivity contribution is -0.122. The highest BCUT2D eigenvalue weighted by Gasteiger charge is 2.20. The minimum absolute atomic E-state index is 0.0168. The van der Waals surface area contributed by atoms with E-state index in [9.17, 15) is 4.79 Å². The van der Waals surface area contributed by atoms with Gasteiger partial charge in [-0.3, -0.25) is 9.52 Å². The van der Waals surface area contributed by atoms with Gasteiger partial charge in [-0.15, -0.1) is 0 Å². The zero-order chi connectivity index (χ0) is 23.0. The molecule has 1 N–H and O–H groups in total. The number of hydrogen-bond donors (Lipinski definition) is 1. The molecule has 0 saturated heterocycles. The van der Waals surface area contributed by atoms with Crippen LogP contribution in [0, 0.1) is 6.92 Å². The second kappa shape index (κ2) is 10.9. The first kappa shape index (κ1) is 22.7. The van der Waals surface area contributed by atoms with Gasteiger partial charge in [0.05, 0.1) is 12.3 Å². The molecule has 0 aliphatic heterocycles. The van der Waals surface area contributed by atoms with Gasteiger partial charge in [0.2, 0.25) is 5.89 Å². The molecule has 2 heterocycles. The summed E-state index contributed by atoms with van der Waals surface area (Å²) in [6, 6.07) is 21.3. The topological polar surface area (TPSA) is 69.3 Å². The number of nitrogens with zero attached hydrogens (tertiary/aromatic N) is 2. The zero-order valence-electron chi connectivity index (χ0n) is 18.7. The maximum absolute atomic E-state index is 12.5. The third-order valence-corrected chi connectivity index (χ3v) is 5.77. The molecule has 1 atom stereocenters. The summed E-state index contributed by atoms with van der Waals surface area (Å²) in [6.07, 6.45) is 6.93. The summed E-state index contributed by atoms with van der Waals surface area (Å²) >= 11 is 1.31. The third kappa shape index (κ3) is 5.87. The number of aryl methyl sites for hydroxylation is 1. The van der Waals surface area contributed by atoms with Crippen LogP contribution in [0.25, 0.3) is 11.5 Å². The van der Waals surface area contributed by atoms with Crippen molar-refractivity contribution in [1.82, 2.24) is 14.3 Å². The van der Waals surface area contributed by atoms with Crippen molar-refractivity contribution in [1.29, 1.82) is 0 Å². The van der Waals surface area contributed by atoms with Crippen molar-refractivity contribution in [2.75, 3.05) is 12.9 Å². The zero-order valence-corrected chi connectivity index (χ0v) is 19.5. The van der Waals surface area contributed by atoms with Crippen LogP contribution in [0.1, 0.15) is 23.1 Å². The van der Waals surface area contributed by atoms with Crippen molar-refractivity contribution in [2.45, 2.75) is 25.8 Å². The molecule has 0 fully saturated rings. The normalized spacial score (nSPS) is 11.8. The molecular weight excluding hydrogens is 434 g/mol. The minimum atomic E-state index is -0.298. The van der Waals surface area contributed by atoms with Gasteiger partial charge in [0.15, 0.2) is 0 Å². The quantitative estimate of drug-likeness (QED) is 0.327. The maximum Gasteiger partial charge on any atom is 0.253 e. The molecule has 6 nitrogen and oxygen atoms in total. The molecule has 170 valence electrons. The Hall–Kier alpha value is -3.45. The van der Waals surface area contributed by atoms with Gasteiger partial charge in [-0.2, -0.15) is 0 Å². The average Bonchev–Trinajstić information content (AvgIpc) is 3.49. The first-order valence-corrected chi connectivity index (χ1v) is 12.1. The molecule has 7 heteroatoms. The Kier molecular flexibility index (Phi) is 7.52. The first-order valence-electron chi connectivity index (χ1n) is 10.8. The van der Waals surface area contributed by atoms with Crippen LogP contribution in [-0.2, 0) is 17.6 Å². The lowest BCUT2D eigenvalue weighted by Crippen LogP contribution is -2.29. The van der Waals surface area contributed by atoms with Crippen LogP contribution in [0.4, 0.5) is 0 Å². The molecule has 33 heavy (non-hydrogen) atoms. The van der Waals surface area contributed by atoms with Crippen LogP contribution in [0.5, 0.6) is 5.75 Å². The Morgan fingerprint density at radius 3 is 2.52 bits per heavy atom. The largest absolute Gasteiger partial charge is 0.493 e. The van der Waals surface area contributed by atoms with Gasteiger partial charge in [-0.05, 0) is 48.9 Å². The van der Waals surface area contributed by atoms with E-state index in [1.807, 2.05) is 96.9 Å². The summed E-state index contributed by atoms with van der Waals surface area (Å²) in [7, 11) is 0. The van der Waals surface area contributed by atoms with E-state index in [0.717, 1.165) is 28.3 Å². The standard InChI is InChI=1S/C26H27N3O3S/c1-19-23(27-26(32-19)21-8-4-3-5-9-21)14-17-31-22-12-10-20(11-13-22)18-24(25(30)28-33-2)29-15-6-7-16-29/h3-13,15-16,24H,14,17-18H2,1-2H3,(H,28,30). The van der Waals surface area contributed by atoms with Gasteiger partial charge in [0.25, 0.3) is 5.91 Å². The molecule has 0 aliphatic carbocycles. The molecule has 2 aromatic carbocycles. The van der Waals surface area contributed by atoms with Gasteiger partial charge in [0.1, 0.15) is 17.6 Å². The summed E-state index contributed by atoms with van der Waals surface area (Å²) in [5.41, 5.74) is 2.93. The summed E-state index contributed by atoms with van der Waals surface area (Å²) in [4.78, 5) is 17.1. The van der Waals surface area contributed by atoms with Gasteiger partial charge in [0, 0.05) is 37.1 Å². The first-order chi connectivity index (χ1) is 16.1. The highest BCUT2D eigenvalue weighted by molar-refractivity contribution is 7.97. The van der Waals surface area contributed by atoms with Crippen molar-refractivity contribution < 1.29 is 13.9 Å². The predicted octanol–water partition coefficient (Wildman–Crippen LogP) is 5.25. The Morgan fingerprint density at radius 1 is 1.09 bits per heavy atom. The van der Waals surface area contributed by atoms with E-state index in [4.69, 9.17) is 9.15 Å².